The van der Waals surface area contributed by atoms with Gasteiger partial charge < -0.3 is 15.4 Å². The number of ether oxygens (including phenoxy) is 1. The third-order valence-corrected chi connectivity index (χ3v) is 4.33. The smallest absolute Gasteiger partial charge is 0.330 e. The van der Waals surface area contributed by atoms with Crippen LogP contribution in [0.4, 0.5) is 23.2 Å². The first-order valence-corrected chi connectivity index (χ1v) is 8.70. The van der Waals surface area contributed by atoms with E-state index in [9.17, 15) is 22.4 Å². The number of hydrogen-bond donors (Lipinski definition) is 2. The van der Waals surface area contributed by atoms with Crippen LogP contribution in [0.1, 0.15) is 31.2 Å². The predicted octanol–water partition coefficient (Wildman–Crippen LogP) is 3.82. The van der Waals surface area contributed by atoms with Crippen molar-refractivity contribution in [2.75, 3.05) is 25.0 Å². The first-order chi connectivity index (χ1) is 12.4. The number of anilines is 1. The number of benzene rings is 1. The van der Waals surface area contributed by atoms with Gasteiger partial charge in [-0.05, 0) is 56.0 Å². The molecule has 1 aromatic carbocycles. The van der Waals surface area contributed by atoms with Crippen molar-refractivity contribution in [1.82, 2.24) is 5.32 Å². The second-order valence-electron chi connectivity index (χ2n) is 6.54. The summed E-state index contributed by atoms with van der Waals surface area (Å²) < 4.78 is 54.4. The maximum Gasteiger partial charge on any atom is 0.330 e. The highest BCUT2D eigenvalue weighted by atomic mass is 19.3. The summed E-state index contributed by atoms with van der Waals surface area (Å²) in [5, 5.41) is 6.05. The van der Waals surface area contributed by atoms with Crippen molar-refractivity contribution in [2.45, 2.75) is 44.6 Å². The Hall–Kier alpha value is -1.67. The van der Waals surface area contributed by atoms with Crippen LogP contribution in [0.2, 0.25) is 0 Å². The van der Waals surface area contributed by atoms with Gasteiger partial charge in [-0.3, -0.25) is 4.79 Å². The minimum Gasteiger partial charge on any atom is -0.370 e. The fourth-order valence-electron chi connectivity index (χ4n) is 2.84. The van der Waals surface area contributed by atoms with E-state index >= 15 is 0 Å². The summed E-state index contributed by atoms with van der Waals surface area (Å²) in [6, 6.07) is 6.53. The molecule has 0 aromatic heterocycles. The van der Waals surface area contributed by atoms with Gasteiger partial charge in [-0.15, -0.1) is 0 Å². The van der Waals surface area contributed by atoms with Crippen LogP contribution in [0, 0.1) is 5.92 Å². The molecule has 8 heteroatoms. The lowest BCUT2D eigenvalue weighted by molar-refractivity contribution is -0.168. The molecule has 0 unspecified atom stereocenters. The van der Waals surface area contributed by atoms with Crippen molar-refractivity contribution in [2.24, 2.45) is 5.92 Å². The quantitative estimate of drug-likeness (QED) is 0.644. The van der Waals surface area contributed by atoms with Crippen LogP contribution in [-0.4, -0.2) is 38.0 Å². The molecule has 0 bridgehead atoms. The number of carbonyl (C=O) groups is 1. The molecule has 0 atom stereocenters. The van der Waals surface area contributed by atoms with Gasteiger partial charge in [0, 0.05) is 12.1 Å². The van der Waals surface area contributed by atoms with Gasteiger partial charge in [-0.1, -0.05) is 12.1 Å². The molecule has 1 aromatic rings. The van der Waals surface area contributed by atoms with Gasteiger partial charge in [0.1, 0.15) is 6.61 Å². The largest absolute Gasteiger partial charge is 0.370 e. The van der Waals surface area contributed by atoms with Crippen LogP contribution in [0.5, 0.6) is 0 Å². The molecular weight excluding hydrogens is 352 g/mol. The Labute approximate surface area is 150 Å². The molecule has 1 heterocycles. The first-order valence-electron chi connectivity index (χ1n) is 8.70. The summed E-state index contributed by atoms with van der Waals surface area (Å²) in [5.41, 5.74) is 1.05. The van der Waals surface area contributed by atoms with Crippen molar-refractivity contribution in [3.63, 3.8) is 0 Å². The van der Waals surface area contributed by atoms with Crippen molar-refractivity contribution in [3.05, 3.63) is 29.8 Å². The number of rotatable bonds is 9. The Morgan fingerprint density at radius 1 is 1.31 bits per heavy atom. The number of amides is 1. The lowest BCUT2D eigenvalue weighted by atomic mass is 9.93. The number of alkyl halides is 4. The van der Waals surface area contributed by atoms with Crippen molar-refractivity contribution in [1.29, 1.82) is 0 Å². The molecule has 1 amide bonds. The van der Waals surface area contributed by atoms with E-state index in [1.165, 1.54) is 0 Å². The predicted molar refractivity (Wildman–Crippen MR) is 90.5 cm³/mol. The second kappa shape index (κ2) is 9.87. The minimum absolute atomic E-state index is 0.106. The fraction of sp³-hybridized carbons (Fsp3) is 0.611. The van der Waals surface area contributed by atoms with E-state index in [2.05, 4.69) is 15.4 Å². The molecule has 1 aliphatic heterocycles. The van der Waals surface area contributed by atoms with Crippen LogP contribution in [-0.2, 0) is 16.1 Å². The number of carbonyl (C=O) groups excluding carboxylic acids is 1. The average Bonchev–Trinajstić information content (AvgIpc) is 2.61. The minimum atomic E-state index is -4.17. The lowest BCUT2D eigenvalue weighted by Crippen LogP contribution is -2.32. The van der Waals surface area contributed by atoms with Crippen molar-refractivity contribution < 1.29 is 27.1 Å². The summed E-state index contributed by atoms with van der Waals surface area (Å²) in [4.78, 5) is 12.0. The molecule has 1 fully saturated rings. The SMILES string of the molecule is O=C(CCC1CCNCC1)Nc1cccc(COCC(F)(F)C(F)F)c1. The molecule has 0 radical (unpaired) electrons. The summed E-state index contributed by atoms with van der Waals surface area (Å²) >= 11 is 0. The molecule has 2 rings (SSSR count). The molecular formula is C18H24F4N2O2. The van der Waals surface area contributed by atoms with Crippen LogP contribution in [0.15, 0.2) is 24.3 Å². The van der Waals surface area contributed by atoms with Crippen LogP contribution >= 0.6 is 0 Å². The topological polar surface area (TPSA) is 50.4 Å². The van der Waals surface area contributed by atoms with Gasteiger partial charge in [-0.2, -0.15) is 8.78 Å². The average molecular weight is 376 g/mol. The van der Waals surface area contributed by atoms with Crippen molar-refractivity contribution >= 4 is 11.6 Å². The number of piperidine rings is 1. The van der Waals surface area contributed by atoms with Gasteiger partial charge in [0.05, 0.1) is 6.61 Å². The fourth-order valence-corrected chi connectivity index (χ4v) is 2.84. The standard InChI is InChI=1S/C18H24F4N2O2/c19-17(20)18(21,22)12-26-11-14-2-1-3-15(10-14)24-16(25)5-4-13-6-8-23-9-7-13/h1-3,10,13,17,23H,4-9,11-12H2,(H,24,25). The molecule has 1 aliphatic rings. The molecule has 2 N–H and O–H groups in total. The number of nitrogens with one attached hydrogen (secondary N) is 2. The van der Waals surface area contributed by atoms with Gasteiger partial charge >= 0.3 is 12.3 Å². The van der Waals surface area contributed by atoms with Gasteiger partial charge in [-0.25, -0.2) is 8.78 Å². The van der Waals surface area contributed by atoms with E-state index in [-0.39, 0.29) is 12.5 Å². The highest BCUT2D eigenvalue weighted by molar-refractivity contribution is 5.90. The zero-order chi connectivity index (χ0) is 19.0. The molecule has 1 saturated heterocycles. The zero-order valence-electron chi connectivity index (χ0n) is 14.4. The van der Waals surface area contributed by atoms with Crippen LogP contribution < -0.4 is 10.6 Å². The highest BCUT2D eigenvalue weighted by Gasteiger charge is 2.40. The summed E-state index contributed by atoms with van der Waals surface area (Å²) in [6.45, 7) is 0.385. The Kier molecular flexibility index (Phi) is 7.84. The molecule has 146 valence electrons. The monoisotopic (exact) mass is 376 g/mol. The third-order valence-electron chi connectivity index (χ3n) is 4.33. The Balaban J connectivity index is 1.76. The van der Waals surface area contributed by atoms with E-state index in [1.807, 2.05) is 0 Å². The van der Waals surface area contributed by atoms with E-state index < -0.39 is 19.0 Å². The third kappa shape index (κ3) is 6.92. The van der Waals surface area contributed by atoms with E-state index in [1.54, 1.807) is 24.3 Å². The zero-order valence-corrected chi connectivity index (χ0v) is 14.4. The number of halogens is 4. The maximum absolute atomic E-state index is 12.8. The molecule has 0 spiro atoms. The summed E-state index contributed by atoms with van der Waals surface area (Å²) in [5.74, 6) is -3.72. The van der Waals surface area contributed by atoms with Crippen LogP contribution in [0.3, 0.4) is 0 Å². The highest BCUT2D eigenvalue weighted by Crippen LogP contribution is 2.23. The van der Waals surface area contributed by atoms with E-state index in [4.69, 9.17) is 0 Å². The van der Waals surface area contributed by atoms with Crippen molar-refractivity contribution in [3.8, 4) is 0 Å². The summed E-state index contributed by atoms with van der Waals surface area (Å²) in [7, 11) is 0. The molecule has 4 nitrogen and oxygen atoms in total. The van der Waals surface area contributed by atoms with Gasteiger partial charge in [0.25, 0.3) is 0 Å². The second-order valence-corrected chi connectivity index (χ2v) is 6.54. The maximum atomic E-state index is 12.8. The number of hydrogen-bond acceptors (Lipinski definition) is 3. The summed E-state index contributed by atoms with van der Waals surface area (Å²) in [6.07, 6.45) is -0.356. The molecule has 0 aliphatic carbocycles. The molecule has 26 heavy (non-hydrogen) atoms. The van der Waals surface area contributed by atoms with E-state index in [0.717, 1.165) is 32.4 Å². The lowest BCUT2D eigenvalue weighted by Gasteiger charge is -2.22. The first kappa shape index (κ1) is 20.6. The normalized spacial score (nSPS) is 16.0. The Morgan fingerprint density at radius 3 is 2.73 bits per heavy atom. The molecule has 0 saturated carbocycles. The van der Waals surface area contributed by atoms with Gasteiger partial charge in [0.15, 0.2) is 0 Å². The Bertz CT molecular complexity index is 578. The Morgan fingerprint density at radius 2 is 2.04 bits per heavy atom. The van der Waals surface area contributed by atoms with Gasteiger partial charge in [0.2, 0.25) is 5.91 Å². The van der Waals surface area contributed by atoms with Crippen LogP contribution in [0.25, 0.3) is 0 Å². The van der Waals surface area contributed by atoms with E-state index in [0.29, 0.717) is 23.6 Å².